The highest BCUT2D eigenvalue weighted by Crippen LogP contribution is 2.26. The molecule has 0 fully saturated rings. The molecule has 0 aliphatic carbocycles. The predicted octanol–water partition coefficient (Wildman–Crippen LogP) is 0.976. The summed E-state index contributed by atoms with van der Waals surface area (Å²) in [5, 5.41) is 4.26. The van der Waals surface area contributed by atoms with Gasteiger partial charge in [-0.3, -0.25) is 0 Å². The largest absolute Gasteiger partial charge is 0.391 e. The summed E-state index contributed by atoms with van der Waals surface area (Å²) in [7, 11) is 0. The minimum atomic E-state index is 0.953. The molecule has 3 heteroatoms. The topological polar surface area (TPSA) is 38.0 Å². The van der Waals surface area contributed by atoms with Crippen molar-refractivity contribution < 1.29 is 0 Å². The summed E-state index contributed by atoms with van der Waals surface area (Å²) >= 11 is 1.71. The van der Waals surface area contributed by atoms with Gasteiger partial charge in [-0.2, -0.15) is 0 Å². The summed E-state index contributed by atoms with van der Waals surface area (Å²) in [5.74, 6) is 0. The lowest BCUT2D eigenvalue weighted by Crippen LogP contribution is -2.21. The molecule has 54 valence electrons. The minimum absolute atomic E-state index is 0.953. The van der Waals surface area contributed by atoms with Gasteiger partial charge >= 0.3 is 0 Å². The number of fused-ring (bicyclic) bond motifs is 1. The maximum absolute atomic E-state index is 5.65. The summed E-state index contributed by atoms with van der Waals surface area (Å²) in [6, 6.07) is 2.10. The molecule has 2 rings (SSSR count). The molecule has 0 saturated heterocycles. The highest BCUT2D eigenvalue weighted by Gasteiger charge is 2.10. The number of thiophene rings is 1. The van der Waals surface area contributed by atoms with E-state index in [4.69, 9.17) is 5.73 Å². The summed E-state index contributed by atoms with van der Waals surface area (Å²) in [4.78, 5) is 1.42. The number of nitrogen functional groups attached to an aromatic ring is 1. The molecule has 0 amide bonds. The number of rotatable bonds is 0. The molecule has 1 aromatic heterocycles. The van der Waals surface area contributed by atoms with E-state index in [0.717, 1.165) is 24.5 Å². The molecule has 0 radical (unpaired) electrons. The van der Waals surface area contributed by atoms with Crippen molar-refractivity contribution in [3.63, 3.8) is 0 Å². The fourth-order valence-corrected chi connectivity index (χ4v) is 2.23. The Bertz CT molecular complexity index is 218. The van der Waals surface area contributed by atoms with E-state index in [1.165, 1.54) is 10.4 Å². The SMILES string of the molecule is Nc1cc2c(s1)CNCC2. The normalized spacial score (nSPS) is 16.8. The van der Waals surface area contributed by atoms with Crippen LogP contribution in [0.4, 0.5) is 5.00 Å². The zero-order chi connectivity index (χ0) is 6.97. The zero-order valence-corrected chi connectivity index (χ0v) is 6.50. The second kappa shape index (κ2) is 2.25. The van der Waals surface area contributed by atoms with Gasteiger partial charge in [-0.05, 0) is 24.6 Å². The highest BCUT2D eigenvalue weighted by atomic mass is 32.1. The standard InChI is InChI=1S/C7H10N2S/c8-7-3-5-1-2-9-4-6(5)10-7/h3,9H,1-2,4,8H2. The second-order valence-corrected chi connectivity index (χ2v) is 3.69. The van der Waals surface area contributed by atoms with Crippen molar-refractivity contribution >= 4 is 16.3 Å². The van der Waals surface area contributed by atoms with Crippen molar-refractivity contribution in [2.75, 3.05) is 12.3 Å². The Morgan fingerprint density at radius 1 is 1.60 bits per heavy atom. The molecular formula is C7H10N2S. The van der Waals surface area contributed by atoms with E-state index in [2.05, 4.69) is 11.4 Å². The third kappa shape index (κ3) is 0.914. The van der Waals surface area contributed by atoms with Gasteiger partial charge in [0.05, 0.1) is 5.00 Å². The van der Waals surface area contributed by atoms with Gasteiger partial charge < -0.3 is 11.1 Å². The van der Waals surface area contributed by atoms with Gasteiger partial charge in [-0.15, -0.1) is 11.3 Å². The number of anilines is 1. The third-order valence-corrected chi connectivity index (χ3v) is 2.78. The lowest BCUT2D eigenvalue weighted by atomic mass is 10.1. The zero-order valence-electron chi connectivity index (χ0n) is 5.68. The van der Waals surface area contributed by atoms with Crippen LogP contribution in [0.5, 0.6) is 0 Å². The van der Waals surface area contributed by atoms with Crippen molar-refractivity contribution in [3.8, 4) is 0 Å². The van der Waals surface area contributed by atoms with Gasteiger partial charge in [-0.1, -0.05) is 0 Å². The smallest absolute Gasteiger partial charge is 0.0862 e. The molecule has 10 heavy (non-hydrogen) atoms. The van der Waals surface area contributed by atoms with Crippen molar-refractivity contribution in [2.24, 2.45) is 0 Å². The Kier molecular flexibility index (Phi) is 1.39. The molecule has 0 unspecified atom stereocenters. The van der Waals surface area contributed by atoms with Gasteiger partial charge in [0.15, 0.2) is 0 Å². The summed E-state index contributed by atoms with van der Waals surface area (Å²) in [5.41, 5.74) is 7.09. The van der Waals surface area contributed by atoms with Crippen molar-refractivity contribution in [2.45, 2.75) is 13.0 Å². The van der Waals surface area contributed by atoms with Crippen LogP contribution in [0.1, 0.15) is 10.4 Å². The fraction of sp³-hybridized carbons (Fsp3) is 0.429. The fourth-order valence-electron chi connectivity index (χ4n) is 1.28. The van der Waals surface area contributed by atoms with Crippen LogP contribution in [-0.4, -0.2) is 6.54 Å². The Balaban J connectivity index is 2.41. The minimum Gasteiger partial charge on any atom is -0.391 e. The van der Waals surface area contributed by atoms with Gasteiger partial charge in [0.25, 0.3) is 0 Å². The monoisotopic (exact) mass is 154 g/mol. The molecule has 2 heterocycles. The molecule has 1 aliphatic heterocycles. The van der Waals surface area contributed by atoms with Crippen molar-refractivity contribution in [1.29, 1.82) is 0 Å². The maximum Gasteiger partial charge on any atom is 0.0862 e. The first-order valence-corrected chi connectivity index (χ1v) is 4.25. The maximum atomic E-state index is 5.65. The van der Waals surface area contributed by atoms with E-state index in [0.29, 0.717) is 0 Å². The van der Waals surface area contributed by atoms with E-state index in [9.17, 15) is 0 Å². The lowest BCUT2D eigenvalue weighted by Gasteiger charge is -2.10. The van der Waals surface area contributed by atoms with Crippen molar-refractivity contribution in [3.05, 3.63) is 16.5 Å². The summed E-state index contributed by atoms with van der Waals surface area (Å²) in [6.45, 7) is 2.11. The third-order valence-electron chi connectivity index (χ3n) is 1.77. The Hall–Kier alpha value is -0.540. The summed E-state index contributed by atoms with van der Waals surface area (Å²) < 4.78 is 0. The molecule has 2 nitrogen and oxygen atoms in total. The Labute approximate surface area is 64.1 Å². The van der Waals surface area contributed by atoms with E-state index in [-0.39, 0.29) is 0 Å². The predicted molar refractivity (Wildman–Crippen MR) is 44.1 cm³/mol. The average Bonchev–Trinajstić information content (AvgIpc) is 2.27. The van der Waals surface area contributed by atoms with Crippen LogP contribution in [0.15, 0.2) is 6.07 Å². The summed E-state index contributed by atoms with van der Waals surface area (Å²) in [6.07, 6.45) is 1.14. The molecule has 0 bridgehead atoms. The van der Waals surface area contributed by atoms with Gasteiger partial charge in [0.2, 0.25) is 0 Å². The van der Waals surface area contributed by atoms with Crippen LogP contribution < -0.4 is 11.1 Å². The first-order valence-electron chi connectivity index (χ1n) is 3.44. The molecular weight excluding hydrogens is 144 g/mol. The number of hydrogen-bond donors (Lipinski definition) is 2. The van der Waals surface area contributed by atoms with E-state index in [1.807, 2.05) is 0 Å². The average molecular weight is 154 g/mol. The van der Waals surface area contributed by atoms with Gasteiger partial charge in [0, 0.05) is 11.4 Å². The van der Waals surface area contributed by atoms with Crippen LogP contribution in [0, 0.1) is 0 Å². The Morgan fingerprint density at radius 2 is 2.50 bits per heavy atom. The number of hydrogen-bond acceptors (Lipinski definition) is 3. The van der Waals surface area contributed by atoms with Crippen LogP contribution in [-0.2, 0) is 13.0 Å². The Morgan fingerprint density at radius 3 is 3.30 bits per heavy atom. The van der Waals surface area contributed by atoms with Crippen LogP contribution in [0.25, 0.3) is 0 Å². The molecule has 0 aromatic carbocycles. The first kappa shape index (κ1) is 6.19. The van der Waals surface area contributed by atoms with E-state index < -0.39 is 0 Å². The molecule has 1 aromatic rings. The number of nitrogens with two attached hydrogens (primary N) is 1. The van der Waals surface area contributed by atoms with Crippen molar-refractivity contribution in [1.82, 2.24) is 5.32 Å². The molecule has 0 spiro atoms. The first-order chi connectivity index (χ1) is 4.86. The van der Waals surface area contributed by atoms with Crippen LogP contribution in [0.3, 0.4) is 0 Å². The number of nitrogens with one attached hydrogen (secondary N) is 1. The van der Waals surface area contributed by atoms with Crippen LogP contribution >= 0.6 is 11.3 Å². The lowest BCUT2D eigenvalue weighted by molar-refractivity contribution is 0.655. The molecule has 3 N–H and O–H groups in total. The van der Waals surface area contributed by atoms with Gasteiger partial charge in [-0.25, -0.2) is 0 Å². The van der Waals surface area contributed by atoms with Crippen LogP contribution in [0.2, 0.25) is 0 Å². The second-order valence-electron chi connectivity index (χ2n) is 2.52. The highest BCUT2D eigenvalue weighted by molar-refractivity contribution is 7.16. The van der Waals surface area contributed by atoms with E-state index >= 15 is 0 Å². The molecule has 0 saturated carbocycles. The quantitative estimate of drug-likeness (QED) is 0.584. The van der Waals surface area contributed by atoms with E-state index in [1.54, 1.807) is 11.3 Å². The molecule has 1 aliphatic rings. The molecule has 0 atom stereocenters. The van der Waals surface area contributed by atoms with Gasteiger partial charge in [0.1, 0.15) is 0 Å².